The first-order chi connectivity index (χ1) is 10.2. The summed E-state index contributed by atoms with van der Waals surface area (Å²) < 4.78 is 0. The lowest BCUT2D eigenvalue weighted by Gasteiger charge is -2.21. The normalized spacial score (nSPS) is 8.59. The SMILES string of the molecule is C.C.C.C.C.C.CCc1ccc(CN(CC)Cc2ccc(CC)cc2)cc1. The predicted molar refractivity (Wildman–Crippen MR) is 132 cm³/mol. The van der Waals surface area contributed by atoms with Crippen molar-refractivity contribution in [1.82, 2.24) is 4.90 Å². The minimum Gasteiger partial charge on any atom is -0.295 e. The molecule has 0 aliphatic rings. The van der Waals surface area contributed by atoms with Crippen LogP contribution in [-0.2, 0) is 25.9 Å². The molecule has 0 saturated heterocycles. The molecule has 0 N–H and O–H groups in total. The number of benzene rings is 2. The monoisotopic (exact) mass is 377 g/mol. The molecule has 1 heteroatoms. The molecule has 0 saturated carbocycles. The highest BCUT2D eigenvalue weighted by atomic mass is 15.1. The van der Waals surface area contributed by atoms with E-state index in [2.05, 4.69) is 74.2 Å². The molecular weight excluding hydrogens is 326 g/mol. The fourth-order valence-corrected chi connectivity index (χ4v) is 2.56. The Morgan fingerprint density at radius 3 is 0.963 bits per heavy atom. The van der Waals surface area contributed by atoms with Crippen molar-refractivity contribution in [2.24, 2.45) is 0 Å². The average molecular weight is 378 g/mol. The maximum atomic E-state index is 2.49. The molecule has 0 atom stereocenters. The average Bonchev–Trinajstić information content (AvgIpc) is 2.55. The van der Waals surface area contributed by atoms with E-state index < -0.39 is 0 Å². The highest BCUT2D eigenvalue weighted by Crippen LogP contribution is 2.12. The van der Waals surface area contributed by atoms with Gasteiger partial charge in [0.25, 0.3) is 0 Å². The number of aryl methyl sites for hydroxylation is 2. The maximum absolute atomic E-state index is 2.49. The van der Waals surface area contributed by atoms with Crippen LogP contribution in [0.1, 0.15) is 87.6 Å². The van der Waals surface area contributed by atoms with Gasteiger partial charge in [0, 0.05) is 13.1 Å². The molecule has 0 radical (unpaired) electrons. The Labute approximate surface area is 173 Å². The van der Waals surface area contributed by atoms with Gasteiger partial charge in [0.1, 0.15) is 0 Å². The fourth-order valence-electron chi connectivity index (χ4n) is 2.56. The topological polar surface area (TPSA) is 3.24 Å². The van der Waals surface area contributed by atoms with Gasteiger partial charge in [0.15, 0.2) is 0 Å². The van der Waals surface area contributed by atoms with E-state index in [0.29, 0.717) is 0 Å². The summed E-state index contributed by atoms with van der Waals surface area (Å²) in [6, 6.07) is 18.1. The van der Waals surface area contributed by atoms with Crippen molar-refractivity contribution in [2.45, 2.75) is 91.3 Å². The second-order valence-corrected chi connectivity index (χ2v) is 5.64. The molecule has 0 spiro atoms. The van der Waals surface area contributed by atoms with Gasteiger partial charge in [-0.05, 0) is 41.6 Å². The summed E-state index contributed by atoms with van der Waals surface area (Å²) >= 11 is 0. The Morgan fingerprint density at radius 2 is 0.741 bits per heavy atom. The summed E-state index contributed by atoms with van der Waals surface area (Å²) in [5.41, 5.74) is 5.63. The van der Waals surface area contributed by atoms with Crippen LogP contribution < -0.4 is 0 Å². The number of hydrogen-bond donors (Lipinski definition) is 0. The second-order valence-electron chi connectivity index (χ2n) is 5.64. The molecule has 2 aromatic rings. The third kappa shape index (κ3) is 11.7. The summed E-state index contributed by atoms with van der Waals surface area (Å²) in [5.74, 6) is 0. The van der Waals surface area contributed by atoms with E-state index in [4.69, 9.17) is 0 Å². The highest BCUT2D eigenvalue weighted by molar-refractivity contribution is 5.24. The van der Waals surface area contributed by atoms with Crippen LogP contribution >= 0.6 is 0 Å². The van der Waals surface area contributed by atoms with Crippen molar-refractivity contribution in [3.8, 4) is 0 Å². The number of rotatable bonds is 7. The van der Waals surface area contributed by atoms with Crippen LogP contribution in [-0.4, -0.2) is 11.4 Å². The van der Waals surface area contributed by atoms with Crippen LogP contribution in [0.4, 0.5) is 0 Å². The lowest BCUT2D eigenvalue weighted by Crippen LogP contribution is -2.22. The number of nitrogens with zero attached hydrogens (tertiary/aromatic N) is 1. The van der Waals surface area contributed by atoms with Gasteiger partial charge in [-0.3, -0.25) is 4.90 Å². The minimum atomic E-state index is 0. The van der Waals surface area contributed by atoms with Gasteiger partial charge in [-0.15, -0.1) is 0 Å². The minimum absolute atomic E-state index is 0. The maximum Gasteiger partial charge on any atom is 0.0237 e. The molecule has 0 aliphatic carbocycles. The standard InChI is InChI=1S/C20H27N.6CH4/c1-4-17-7-11-19(12-8-17)15-21(6-3)16-20-13-9-18(5-2)10-14-20;;;;;;/h7-14H,4-6,15-16H2,1-3H3;6*1H4. The van der Waals surface area contributed by atoms with E-state index in [-0.39, 0.29) is 44.6 Å². The van der Waals surface area contributed by atoms with Gasteiger partial charge in [-0.2, -0.15) is 0 Å². The zero-order valence-corrected chi connectivity index (χ0v) is 13.6. The molecule has 0 amide bonds. The van der Waals surface area contributed by atoms with Crippen LogP contribution in [0.5, 0.6) is 0 Å². The van der Waals surface area contributed by atoms with Gasteiger partial charge < -0.3 is 0 Å². The zero-order chi connectivity index (χ0) is 15.1. The lowest BCUT2D eigenvalue weighted by atomic mass is 10.1. The van der Waals surface area contributed by atoms with E-state index in [9.17, 15) is 0 Å². The van der Waals surface area contributed by atoms with Crippen LogP contribution in [0.25, 0.3) is 0 Å². The van der Waals surface area contributed by atoms with Crippen molar-refractivity contribution in [3.63, 3.8) is 0 Å². The van der Waals surface area contributed by atoms with Gasteiger partial charge in [-0.1, -0.05) is 114 Å². The Bertz CT molecular complexity index is 476. The molecule has 0 aliphatic heterocycles. The fraction of sp³-hybridized carbons (Fsp3) is 0.538. The van der Waals surface area contributed by atoms with Crippen LogP contribution in [0.15, 0.2) is 48.5 Å². The van der Waals surface area contributed by atoms with Crippen molar-refractivity contribution in [1.29, 1.82) is 0 Å². The van der Waals surface area contributed by atoms with Gasteiger partial charge in [-0.25, -0.2) is 0 Å². The molecule has 0 bridgehead atoms. The molecule has 2 rings (SSSR count). The van der Waals surface area contributed by atoms with E-state index in [1.54, 1.807) is 0 Å². The van der Waals surface area contributed by atoms with E-state index >= 15 is 0 Å². The second kappa shape index (κ2) is 19.2. The first-order valence-corrected chi connectivity index (χ1v) is 8.13. The Morgan fingerprint density at radius 1 is 0.481 bits per heavy atom. The van der Waals surface area contributed by atoms with Crippen molar-refractivity contribution < 1.29 is 0 Å². The lowest BCUT2D eigenvalue weighted by molar-refractivity contribution is 0.271. The Hall–Kier alpha value is -1.60. The molecule has 1 nitrogen and oxygen atoms in total. The smallest absolute Gasteiger partial charge is 0.0237 e. The summed E-state index contributed by atoms with van der Waals surface area (Å²) in [5, 5.41) is 0. The molecule has 0 unspecified atom stereocenters. The molecule has 2 aromatic carbocycles. The van der Waals surface area contributed by atoms with Crippen LogP contribution in [0, 0.1) is 0 Å². The predicted octanol–water partition coefficient (Wildman–Crippen LogP) is 8.65. The number of hydrogen-bond acceptors (Lipinski definition) is 1. The van der Waals surface area contributed by atoms with Crippen LogP contribution in [0.2, 0.25) is 0 Å². The molecule has 0 fully saturated rings. The summed E-state index contributed by atoms with van der Waals surface area (Å²) in [4.78, 5) is 2.49. The van der Waals surface area contributed by atoms with Gasteiger partial charge >= 0.3 is 0 Å². The van der Waals surface area contributed by atoms with Crippen molar-refractivity contribution >= 4 is 0 Å². The van der Waals surface area contributed by atoms with Gasteiger partial charge in [0.05, 0.1) is 0 Å². The largest absolute Gasteiger partial charge is 0.295 e. The quantitative estimate of drug-likeness (QED) is 0.466. The molecule has 0 aromatic heterocycles. The third-order valence-electron chi connectivity index (χ3n) is 4.12. The first kappa shape index (κ1) is 36.3. The third-order valence-corrected chi connectivity index (χ3v) is 4.12. The van der Waals surface area contributed by atoms with E-state index in [1.165, 1.54) is 22.3 Å². The van der Waals surface area contributed by atoms with E-state index in [1.807, 2.05) is 0 Å². The highest BCUT2D eigenvalue weighted by Gasteiger charge is 2.05. The van der Waals surface area contributed by atoms with Gasteiger partial charge in [0.2, 0.25) is 0 Å². The summed E-state index contributed by atoms with van der Waals surface area (Å²) in [7, 11) is 0. The molecule has 160 valence electrons. The molecule has 27 heavy (non-hydrogen) atoms. The molecule has 0 heterocycles. The Balaban J connectivity index is -0.000000269. The van der Waals surface area contributed by atoms with Crippen molar-refractivity contribution in [3.05, 3.63) is 70.8 Å². The summed E-state index contributed by atoms with van der Waals surface area (Å²) in [6.07, 6.45) is 2.23. The first-order valence-electron chi connectivity index (χ1n) is 8.13. The zero-order valence-electron chi connectivity index (χ0n) is 13.6. The summed E-state index contributed by atoms with van der Waals surface area (Å²) in [6.45, 7) is 9.76. The molecular formula is C26H51N. The van der Waals surface area contributed by atoms with Crippen LogP contribution in [0.3, 0.4) is 0 Å². The van der Waals surface area contributed by atoms with Crippen molar-refractivity contribution in [2.75, 3.05) is 6.54 Å². The van der Waals surface area contributed by atoms with E-state index in [0.717, 1.165) is 32.5 Å². The Kier molecular flexibility index (Phi) is 25.8.